The lowest BCUT2D eigenvalue weighted by Crippen LogP contribution is -2.34. The molecule has 1 saturated heterocycles. The van der Waals surface area contributed by atoms with Gasteiger partial charge in [0.15, 0.2) is 6.61 Å². The third kappa shape index (κ3) is 4.82. The van der Waals surface area contributed by atoms with E-state index in [0.29, 0.717) is 11.3 Å². The number of hydrogen-bond acceptors (Lipinski definition) is 4. The fraction of sp³-hybridized carbons (Fsp3) is 0.364. The van der Waals surface area contributed by atoms with Gasteiger partial charge in [-0.25, -0.2) is 0 Å². The molecule has 0 aromatic heterocycles. The molecule has 2 aromatic carbocycles. The topological polar surface area (TPSA) is 81.9 Å². The van der Waals surface area contributed by atoms with Crippen LogP contribution in [-0.4, -0.2) is 37.0 Å². The van der Waals surface area contributed by atoms with Crippen molar-refractivity contribution < 1.29 is 19.1 Å². The lowest BCUT2D eigenvalue weighted by Gasteiger charge is -2.31. The molecule has 0 unspecified atom stereocenters. The molecule has 148 valence electrons. The van der Waals surface area contributed by atoms with E-state index in [1.807, 2.05) is 29.2 Å². The zero-order valence-electron chi connectivity index (χ0n) is 16.1. The van der Waals surface area contributed by atoms with Gasteiger partial charge in [0.2, 0.25) is 0 Å². The summed E-state index contributed by atoms with van der Waals surface area (Å²) in [6.07, 6.45) is 4.16. The first-order valence-corrected chi connectivity index (χ1v) is 9.54. The second-order valence-corrected chi connectivity index (χ2v) is 6.92. The highest BCUT2D eigenvalue weighted by molar-refractivity contribution is 5.94. The van der Waals surface area contributed by atoms with Crippen LogP contribution >= 0.6 is 0 Å². The molecule has 1 aliphatic heterocycles. The summed E-state index contributed by atoms with van der Waals surface area (Å²) in [6, 6.07) is 14.8. The lowest BCUT2D eigenvalue weighted by atomic mass is 10.00. The maximum absolute atomic E-state index is 13.2. The van der Waals surface area contributed by atoms with E-state index in [1.54, 1.807) is 31.4 Å². The SMILES string of the molecule is COc1ccc([C@H]2CCCCCN2C(=O)c2ccc(OCC(N)=O)cc2)cc1. The number of carbonyl (C=O) groups is 2. The number of hydrogen-bond donors (Lipinski definition) is 1. The van der Waals surface area contributed by atoms with Crippen LogP contribution in [0, 0.1) is 0 Å². The van der Waals surface area contributed by atoms with Crippen LogP contribution in [0.25, 0.3) is 0 Å². The van der Waals surface area contributed by atoms with E-state index in [1.165, 1.54) is 0 Å². The fourth-order valence-corrected chi connectivity index (χ4v) is 3.54. The molecule has 2 amide bonds. The summed E-state index contributed by atoms with van der Waals surface area (Å²) in [6.45, 7) is 0.550. The van der Waals surface area contributed by atoms with Gasteiger partial charge in [-0.2, -0.15) is 0 Å². The van der Waals surface area contributed by atoms with Crippen LogP contribution in [0.2, 0.25) is 0 Å². The highest BCUT2D eigenvalue weighted by atomic mass is 16.5. The molecule has 1 atom stereocenters. The Balaban J connectivity index is 1.79. The number of amides is 2. The number of likely N-dealkylation sites (tertiary alicyclic amines) is 1. The third-order valence-electron chi connectivity index (χ3n) is 5.00. The van der Waals surface area contributed by atoms with E-state index in [2.05, 4.69) is 0 Å². The number of benzene rings is 2. The normalized spacial score (nSPS) is 16.9. The molecule has 28 heavy (non-hydrogen) atoms. The molecular formula is C22H26N2O4. The first-order chi connectivity index (χ1) is 13.6. The van der Waals surface area contributed by atoms with E-state index < -0.39 is 5.91 Å². The summed E-state index contributed by atoms with van der Waals surface area (Å²) in [4.78, 5) is 26.0. The summed E-state index contributed by atoms with van der Waals surface area (Å²) in [5, 5.41) is 0. The van der Waals surface area contributed by atoms with Gasteiger partial charge < -0.3 is 20.1 Å². The molecule has 6 nitrogen and oxygen atoms in total. The van der Waals surface area contributed by atoms with E-state index in [-0.39, 0.29) is 18.6 Å². The lowest BCUT2D eigenvalue weighted by molar-refractivity contribution is -0.119. The molecule has 2 N–H and O–H groups in total. The standard InChI is InChI=1S/C22H26N2O4/c1-27-18-10-6-16(7-11-18)20-5-3-2-4-14-24(20)22(26)17-8-12-19(13-9-17)28-15-21(23)25/h6-13,20H,2-5,14-15H2,1H3,(H2,23,25)/t20-/m1/s1. The molecule has 0 radical (unpaired) electrons. The van der Waals surface area contributed by atoms with Crippen molar-refractivity contribution in [2.24, 2.45) is 5.73 Å². The molecular weight excluding hydrogens is 356 g/mol. The Labute approximate surface area is 165 Å². The maximum atomic E-state index is 13.2. The summed E-state index contributed by atoms with van der Waals surface area (Å²) in [5.41, 5.74) is 6.81. The van der Waals surface area contributed by atoms with Gasteiger partial charge >= 0.3 is 0 Å². The molecule has 6 heteroatoms. The predicted molar refractivity (Wildman–Crippen MR) is 106 cm³/mol. The minimum Gasteiger partial charge on any atom is -0.497 e. The molecule has 1 heterocycles. The smallest absolute Gasteiger partial charge is 0.255 e. The van der Waals surface area contributed by atoms with Crippen molar-refractivity contribution >= 4 is 11.8 Å². The molecule has 3 rings (SSSR count). The van der Waals surface area contributed by atoms with Crippen LogP contribution in [0.4, 0.5) is 0 Å². The highest BCUT2D eigenvalue weighted by Crippen LogP contribution is 2.32. The molecule has 2 aromatic rings. The van der Waals surface area contributed by atoms with Gasteiger partial charge in [-0.1, -0.05) is 25.0 Å². The Bertz CT molecular complexity index is 802. The molecule has 0 spiro atoms. The number of nitrogens with zero attached hydrogens (tertiary/aromatic N) is 1. The molecule has 0 bridgehead atoms. The Kier molecular flexibility index (Phi) is 6.53. The van der Waals surface area contributed by atoms with Gasteiger partial charge in [0.25, 0.3) is 11.8 Å². The summed E-state index contributed by atoms with van der Waals surface area (Å²) in [5.74, 6) is 0.788. The summed E-state index contributed by atoms with van der Waals surface area (Å²) < 4.78 is 10.5. The largest absolute Gasteiger partial charge is 0.497 e. The quantitative estimate of drug-likeness (QED) is 0.831. The number of nitrogens with two attached hydrogens (primary N) is 1. The Morgan fingerprint density at radius 2 is 1.68 bits per heavy atom. The number of rotatable bonds is 6. The zero-order valence-corrected chi connectivity index (χ0v) is 16.1. The number of carbonyl (C=O) groups excluding carboxylic acids is 2. The summed E-state index contributed by atoms with van der Waals surface area (Å²) in [7, 11) is 1.65. The molecule has 0 saturated carbocycles. The van der Waals surface area contributed by atoms with Crippen molar-refractivity contribution in [3.63, 3.8) is 0 Å². The van der Waals surface area contributed by atoms with Crippen molar-refractivity contribution in [1.29, 1.82) is 0 Å². The van der Waals surface area contributed by atoms with E-state index in [0.717, 1.165) is 43.5 Å². The van der Waals surface area contributed by atoms with Gasteiger partial charge in [-0.15, -0.1) is 0 Å². The van der Waals surface area contributed by atoms with Crippen molar-refractivity contribution in [3.8, 4) is 11.5 Å². The predicted octanol–water partition coefficient (Wildman–Crippen LogP) is 3.32. The van der Waals surface area contributed by atoms with Crippen molar-refractivity contribution in [1.82, 2.24) is 4.90 Å². The van der Waals surface area contributed by atoms with E-state index in [4.69, 9.17) is 15.2 Å². The zero-order chi connectivity index (χ0) is 19.9. The van der Waals surface area contributed by atoms with Crippen molar-refractivity contribution in [2.75, 3.05) is 20.3 Å². The average Bonchev–Trinajstić information content (AvgIpc) is 2.98. The molecule has 1 fully saturated rings. The van der Waals surface area contributed by atoms with Crippen LogP contribution in [0.1, 0.15) is 47.6 Å². The van der Waals surface area contributed by atoms with Crippen LogP contribution in [-0.2, 0) is 4.79 Å². The first-order valence-electron chi connectivity index (χ1n) is 9.54. The van der Waals surface area contributed by atoms with Gasteiger partial charge in [-0.05, 0) is 54.8 Å². The van der Waals surface area contributed by atoms with Crippen molar-refractivity contribution in [3.05, 3.63) is 59.7 Å². The van der Waals surface area contributed by atoms with Gasteiger partial charge in [0.05, 0.1) is 13.2 Å². The fourth-order valence-electron chi connectivity index (χ4n) is 3.54. The van der Waals surface area contributed by atoms with E-state index in [9.17, 15) is 9.59 Å². The minimum absolute atomic E-state index is 0.00386. The van der Waals surface area contributed by atoms with E-state index >= 15 is 0 Å². The van der Waals surface area contributed by atoms with Crippen LogP contribution in [0.5, 0.6) is 11.5 Å². The highest BCUT2D eigenvalue weighted by Gasteiger charge is 2.27. The monoisotopic (exact) mass is 382 g/mol. The molecule has 1 aliphatic rings. The Hall–Kier alpha value is -3.02. The first kappa shape index (κ1) is 19.7. The number of ether oxygens (including phenoxy) is 2. The minimum atomic E-state index is -0.535. The summed E-state index contributed by atoms with van der Waals surface area (Å²) >= 11 is 0. The Morgan fingerprint density at radius 1 is 1.00 bits per heavy atom. The second-order valence-electron chi connectivity index (χ2n) is 6.92. The van der Waals surface area contributed by atoms with Crippen LogP contribution in [0.3, 0.4) is 0 Å². The van der Waals surface area contributed by atoms with Gasteiger partial charge in [0.1, 0.15) is 11.5 Å². The Morgan fingerprint density at radius 3 is 2.32 bits per heavy atom. The van der Waals surface area contributed by atoms with Crippen LogP contribution < -0.4 is 15.2 Å². The van der Waals surface area contributed by atoms with Gasteiger partial charge in [-0.3, -0.25) is 9.59 Å². The number of primary amides is 1. The average molecular weight is 382 g/mol. The van der Waals surface area contributed by atoms with Gasteiger partial charge in [0, 0.05) is 12.1 Å². The molecule has 0 aliphatic carbocycles. The third-order valence-corrected chi connectivity index (χ3v) is 5.00. The van der Waals surface area contributed by atoms with Crippen LogP contribution in [0.15, 0.2) is 48.5 Å². The maximum Gasteiger partial charge on any atom is 0.255 e. The second kappa shape index (κ2) is 9.26. The number of methoxy groups -OCH3 is 1. The van der Waals surface area contributed by atoms with Crippen molar-refractivity contribution in [2.45, 2.75) is 31.7 Å².